The molecule has 1 aromatic heterocycles. The number of H-pyrrole nitrogens is 1. The van der Waals surface area contributed by atoms with Crippen molar-refractivity contribution in [3.05, 3.63) is 18.2 Å². The molecule has 3 heterocycles. The highest BCUT2D eigenvalue weighted by Crippen LogP contribution is 2.43. The zero-order chi connectivity index (χ0) is 104. The number of carbonyl (C=O) groups is 8. The number of phosphoric acid groups is 2. The Morgan fingerprint density at radius 2 is 0.954 bits per heavy atom. The van der Waals surface area contributed by atoms with E-state index in [1.54, 1.807) is 68.0 Å². The van der Waals surface area contributed by atoms with E-state index >= 15 is 0 Å². The third-order valence-electron chi connectivity index (χ3n) is 15.1. The number of nitrogens with one attached hydrogen (secondary N) is 9. The van der Waals surface area contributed by atoms with Gasteiger partial charge in [0.15, 0.2) is 6.29 Å². The number of imidazole rings is 1. The number of rotatable bonds is 40. The molecule has 0 saturated carbocycles. The lowest BCUT2D eigenvalue weighted by Gasteiger charge is -2.41. The van der Waals surface area contributed by atoms with Crippen LogP contribution in [-0.2, 0) is 86.4 Å². The first-order valence-corrected chi connectivity index (χ1v) is 48.7. The van der Waals surface area contributed by atoms with Gasteiger partial charge in [-0.3, -0.25) is 51.9 Å². The number of piperidine rings is 1. The van der Waals surface area contributed by atoms with Crippen LogP contribution in [0.2, 0.25) is 0 Å². The second-order valence-corrected chi connectivity index (χ2v) is 36.7. The smallest absolute Gasteiger partial charge is 0.472 e. The number of aliphatic carboxylic acids is 1. The number of aliphatic hydroxyl groups excluding tert-OH is 4. The summed E-state index contributed by atoms with van der Waals surface area (Å²) in [6.45, 7) is 64.2. The van der Waals surface area contributed by atoms with Crippen molar-refractivity contribution in [2.75, 3.05) is 66.8 Å². The van der Waals surface area contributed by atoms with Gasteiger partial charge in [0.2, 0.25) is 41.4 Å². The molecular weight excluding hydrogens is 1740 g/mol. The number of aliphatic hydroxyl groups is 4. The Morgan fingerprint density at radius 1 is 0.550 bits per heavy atom. The minimum absolute atomic E-state index is 0. The maximum absolute atomic E-state index is 11.4. The highest BCUT2D eigenvalue weighted by molar-refractivity contribution is 7.47. The summed E-state index contributed by atoms with van der Waals surface area (Å²) in [5, 5.41) is 66.9. The largest absolute Gasteiger partial charge is 0.481 e. The zero-order valence-corrected chi connectivity index (χ0v) is 87.7. The molecule has 2 saturated heterocycles. The molecule has 0 radical (unpaired) electrons. The fourth-order valence-electron chi connectivity index (χ4n) is 9.26. The van der Waals surface area contributed by atoms with Crippen molar-refractivity contribution < 1.29 is 120 Å². The molecule has 2 aliphatic heterocycles. The predicted octanol–water partition coefficient (Wildman–Crippen LogP) is 7.19. The highest BCUT2D eigenvalue weighted by Gasteiger charge is 2.43. The Hall–Kier alpha value is -5.41. The van der Waals surface area contributed by atoms with E-state index in [-0.39, 0.29) is 129 Å². The summed E-state index contributed by atoms with van der Waals surface area (Å²) in [7, 11) is -5.07. The molecule has 10 atom stereocenters. The SMILES string of the molecule is C.CC(C)N1CCCCC1.CC(C)NC(=O)[C@@H](N)CC(=O)O.CC(C)NC(=O)[C@@H](N)CCCCN.CC(C)NC(=O)[C@@H](N)CO.CC(C)NC(=O)[C@@H](N)Cc1cnc[nH]1.CC(C)OP(=O)(O)O.CC(C)O[C@@H]1O[C@H](CO)[C@@H](C)[C@H](O)[C@H]1O.CCC(=O)NC(C)C.CCCC(=O)NC(C)C.CCCOC(C)C.CCCOC(C)C.CNCC(=O)NC(C)C.COP(=O)(O)OC(C)C. The highest BCUT2D eigenvalue weighted by atomic mass is 31.2. The number of hydrogen-bond acceptors (Lipinski definition) is 29. The zero-order valence-electron chi connectivity index (χ0n) is 85.9. The average molecular weight is 1940 g/mol. The third-order valence-corrected chi connectivity index (χ3v) is 17.0. The first-order chi connectivity index (χ1) is 59.9. The molecule has 41 nitrogen and oxygen atoms in total. The maximum Gasteiger partial charge on any atom is 0.472 e. The van der Waals surface area contributed by atoms with Gasteiger partial charge in [-0.25, -0.2) is 14.1 Å². The van der Waals surface area contributed by atoms with Gasteiger partial charge < -0.3 is 140 Å². The van der Waals surface area contributed by atoms with E-state index in [0.717, 1.165) is 70.6 Å². The van der Waals surface area contributed by atoms with Crippen LogP contribution in [-0.4, -0.2) is 297 Å². The first-order valence-electron chi connectivity index (χ1n) is 45.7. The number of nitrogens with zero attached hydrogens (tertiary/aromatic N) is 2. The maximum atomic E-state index is 11.4. The van der Waals surface area contributed by atoms with Crippen molar-refractivity contribution in [2.24, 2.45) is 34.6 Å². The van der Waals surface area contributed by atoms with Gasteiger partial charge in [0.05, 0.1) is 93.4 Å². The molecule has 788 valence electrons. The summed E-state index contributed by atoms with van der Waals surface area (Å²) < 4.78 is 54.2. The minimum Gasteiger partial charge on any atom is -0.481 e. The molecule has 0 spiro atoms. The Kier molecular flexibility index (Phi) is 106. The van der Waals surface area contributed by atoms with Crippen LogP contribution in [0.5, 0.6) is 0 Å². The summed E-state index contributed by atoms with van der Waals surface area (Å²) in [5.74, 6) is -1.97. The van der Waals surface area contributed by atoms with Crippen molar-refractivity contribution >= 4 is 63.0 Å². The van der Waals surface area contributed by atoms with Crippen molar-refractivity contribution in [3.63, 3.8) is 0 Å². The standard InChI is InChI=1S/C10H20O5.C9H16N4O.C9H21N3O.C8H17N.C7H14N2O3.C7H15NO.C6H14N2O2.C6H14N2O.C6H13NO.2C6H14O.C4H11O4P.C3H9O4P.CH4/c1-5(2)14-10-9(13)8(12)6(3)7(4-11)15-10;1-6(2)13-9(14)8(10)3-7-4-11-5-12-7;1-7(2)12-9(13)8(11)5-3-4-6-10;1-8(2)9-6-4-3-5-7-9;1-4(2)9-7(12)5(8)3-6(10)11;1-4-5-7(9)8-6(2)3;1-4(2)8-6(10)5(7)3-9;1-5(2)8-6(9)4-7-3;1-4-6(8)7-5(2)3;2*1-4-5-7-6(2)3;1-4(2)8-9(5,6)7-3;1-3(2)7-8(4,5)6;/h5-13H,4H2,1-3H3;4-6,8H,3,10H2,1-2H3,(H,11,12)(H,13,14);7-8H,3-6,10-11H2,1-2H3,(H,12,13);8H,3-7H2,1-2H3;4-5H,3,8H2,1-2H3,(H,9,12)(H,10,11);6H,4-5H2,1-3H3,(H,8,9);4-5,9H,3,7H2,1-2H3,(H,8,10);5,7H,4H2,1-3H3,(H,8,9);5H,4H2,1-3H3,(H,7,8);2*6H,4-5H2,1-3H3;4H,1-3H3,(H,5,6);3H,1-2H3,(H2,4,5,6);1H4/t6-,7-,8+,9-,10-;2*8-;;5-;;5-;;;;;;;/m100.0.0......./s1. The van der Waals surface area contributed by atoms with Crippen LogP contribution in [0.15, 0.2) is 12.5 Å². The molecule has 27 N–H and O–H groups in total. The molecule has 43 heteroatoms. The second kappa shape index (κ2) is 93.6. The molecule has 0 aliphatic carbocycles. The Balaban J connectivity index is -0.000000133. The third kappa shape index (κ3) is 115. The Bertz CT molecular complexity index is 2890. The topological polar surface area (TPSA) is 655 Å². The number of aromatic nitrogens is 2. The fraction of sp³-hybridized carbons (Fsp3) is 0.875. The van der Waals surface area contributed by atoms with Crippen LogP contribution in [0, 0.1) is 5.92 Å². The van der Waals surface area contributed by atoms with Crippen LogP contribution in [0.25, 0.3) is 0 Å². The van der Waals surface area contributed by atoms with Crippen LogP contribution in [0.1, 0.15) is 305 Å². The minimum atomic E-state index is -4.22. The number of carboxylic acid groups (broad SMARTS) is 1. The fourth-order valence-corrected chi connectivity index (χ4v) is 10.4. The number of likely N-dealkylation sites (N-methyl/N-ethyl adjacent to an activating group) is 1. The van der Waals surface area contributed by atoms with E-state index in [0.29, 0.717) is 44.6 Å². The number of carbonyl (C=O) groups excluding carboxylic acids is 7. The molecule has 0 bridgehead atoms. The van der Waals surface area contributed by atoms with Crippen LogP contribution in [0.4, 0.5) is 0 Å². The van der Waals surface area contributed by atoms with Gasteiger partial charge in [0.1, 0.15) is 12.1 Å². The summed E-state index contributed by atoms with van der Waals surface area (Å²) >= 11 is 0. The molecular formula is C88H196N16O25P2. The second-order valence-electron chi connectivity index (χ2n) is 34.0. The van der Waals surface area contributed by atoms with E-state index in [9.17, 15) is 57.7 Å². The number of carboxylic acids is 1. The summed E-state index contributed by atoms with van der Waals surface area (Å²) in [6, 6.07) is -0.729. The van der Waals surface area contributed by atoms with E-state index in [1.807, 2.05) is 111 Å². The van der Waals surface area contributed by atoms with E-state index in [4.69, 9.17) is 77.6 Å². The van der Waals surface area contributed by atoms with Gasteiger partial charge >= 0.3 is 21.6 Å². The molecule has 131 heavy (non-hydrogen) atoms. The van der Waals surface area contributed by atoms with Crippen LogP contribution < -0.4 is 71.2 Å². The number of unbranched alkanes of at least 4 members (excludes halogenated alkanes) is 1. The molecule has 0 aromatic carbocycles. The van der Waals surface area contributed by atoms with Gasteiger partial charge in [0, 0.05) is 106 Å². The Morgan fingerprint density at radius 3 is 1.23 bits per heavy atom. The Labute approximate surface area is 789 Å². The number of hydrogen-bond donors (Lipinski definition) is 22. The number of amides is 7. The first kappa shape index (κ1) is 148. The molecule has 2 fully saturated rings. The van der Waals surface area contributed by atoms with Crippen molar-refractivity contribution in [1.29, 1.82) is 0 Å². The van der Waals surface area contributed by atoms with E-state index in [2.05, 4.69) is 126 Å². The molecule has 7 amide bonds. The van der Waals surface area contributed by atoms with Gasteiger partial charge in [-0.15, -0.1) is 0 Å². The number of likely N-dealkylation sites (tertiary alicyclic amines) is 1. The van der Waals surface area contributed by atoms with Crippen molar-refractivity contribution in [1.82, 2.24) is 57.4 Å². The summed E-state index contributed by atoms with van der Waals surface area (Å²) in [4.78, 5) is 121. The predicted molar refractivity (Wildman–Crippen MR) is 523 cm³/mol. The van der Waals surface area contributed by atoms with Gasteiger partial charge in [-0.2, -0.15) is 0 Å². The van der Waals surface area contributed by atoms with Crippen LogP contribution >= 0.6 is 15.6 Å². The number of nitrogens with two attached hydrogens (primary N) is 5. The lowest BCUT2D eigenvalue weighted by Crippen LogP contribution is -2.55. The monoisotopic (exact) mass is 1940 g/mol. The molecule has 1 aromatic rings. The van der Waals surface area contributed by atoms with Crippen molar-refractivity contribution in [2.45, 2.75) is 433 Å². The summed E-state index contributed by atoms with van der Waals surface area (Å²) in [5.41, 5.74) is 28.0. The van der Waals surface area contributed by atoms with E-state index in [1.165, 1.54) is 32.4 Å². The lowest BCUT2D eigenvalue weighted by atomic mass is 9.91. The van der Waals surface area contributed by atoms with Crippen molar-refractivity contribution in [3.8, 4) is 0 Å². The number of phosphoric ester groups is 2. The average Bonchev–Trinajstić information content (AvgIpc) is 1.03. The van der Waals surface area contributed by atoms with Gasteiger partial charge in [-0.1, -0.05) is 54.9 Å². The molecule has 2 aliphatic rings. The molecule has 1 unspecified atom stereocenters. The quantitative estimate of drug-likeness (QED) is 0.0228. The van der Waals surface area contributed by atoms with Gasteiger partial charge in [-0.05, 0) is 252 Å². The summed E-state index contributed by atoms with van der Waals surface area (Å²) in [6.07, 6.45) is 11.3. The molecule has 3 rings (SSSR count). The lowest BCUT2D eigenvalue weighted by molar-refractivity contribution is -0.296. The van der Waals surface area contributed by atoms with Crippen LogP contribution in [0.3, 0.4) is 0 Å². The van der Waals surface area contributed by atoms with Gasteiger partial charge in [0.25, 0.3) is 0 Å². The normalized spacial score (nSPS) is 16.3. The number of aromatic amines is 1. The number of ether oxygens (including phenoxy) is 4. The van der Waals surface area contributed by atoms with E-state index < -0.39 is 76.4 Å².